The van der Waals surface area contributed by atoms with E-state index in [1.54, 1.807) is 12.1 Å². The molecule has 2 N–H and O–H groups in total. The van der Waals surface area contributed by atoms with Gasteiger partial charge in [-0.3, -0.25) is 4.79 Å². The molecule has 20 heavy (non-hydrogen) atoms. The Kier molecular flexibility index (Phi) is 3.24. The zero-order valence-corrected chi connectivity index (χ0v) is 11.2. The van der Waals surface area contributed by atoms with Gasteiger partial charge in [-0.2, -0.15) is 0 Å². The quantitative estimate of drug-likeness (QED) is 0.893. The summed E-state index contributed by atoms with van der Waals surface area (Å²) in [6.45, 7) is 0. The van der Waals surface area contributed by atoms with Crippen molar-refractivity contribution in [3.05, 3.63) is 53.1 Å². The van der Waals surface area contributed by atoms with E-state index < -0.39 is 6.10 Å². The van der Waals surface area contributed by atoms with E-state index >= 15 is 0 Å². The number of benzene rings is 2. The fourth-order valence-corrected chi connectivity index (χ4v) is 2.35. The Morgan fingerprint density at radius 3 is 2.85 bits per heavy atom. The van der Waals surface area contributed by atoms with Gasteiger partial charge in [-0.25, -0.2) is 0 Å². The molecular formula is C15H12ClNO3. The molecule has 0 saturated heterocycles. The van der Waals surface area contributed by atoms with Crippen molar-refractivity contribution in [1.29, 1.82) is 0 Å². The molecule has 3 rings (SSSR count). The maximum absolute atomic E-state index is 12.0. The van der Waals surface area contributed by atoms with Crippen LogP contribution in [0.5, 0.6) is 11.5 Å². The van der Waals surface area contributed by atoms with Gasteiger partial charge in [-0.15, -0.1) is 0 Å². The molecule has 1 atom stereocenters. The first-order chi connectivity index (χ1) is 9.63. The van der Waals surface area contributed by atoms with E-state index in [1.165, 1.54) is 12.1 Å². The van der Waals surface area contributed by atoms with Crippen LogP contribution in [0.3, 0.4) is 0 Å². The van der Waals surface area contributed by atoms with Crippen molar-refractivity contribution in [3.8, 4) is 11.5 Å². The summed E-state index contributed by atoms with van der Waals surface area (Å²) in [4.78, 5) is 12.0. The SMILES string of the molecule is O=C1Nc2cc(O)ccc2OC1Cc1ccccc1Cl. The predicted molar refractivity (Wildman–Crippen MR) is 76.3 cm³/mol. The highest BCUT2D eigenvalue weighted by atomic mass is 35.5. The molecule has 0 spiro atoms. The highest BCUT2D eigenvalue weighted by Crippen LogP contribution is 2.33. The number of hydrogen-bond donors (Lipinski definition) is 2. The van der Waals surface area contributed by atoms with Gasteiger partial charge in [0.1, 0.15) is 11.5 Å². The van der Waals surface area contributed by atoms with E-state index in [4.69, 9.17) is 16.3 Å². The Morgan fingerprint density at radius 1 is 1.25 bits per heavy atom. The average Bonchev–Trinajstić information content (AvgIpc) is 2.42. The van der Waals surface area contributed by atoms with Gasteiger partial charge in [-0.1, -0.05) is 29.8 Å². The zero-order chi connectivity index (χ0) is 14.1. The third kappa shape index (κ3) is 2.42. The van der Waals surface area contributed by atoms with E-state index in [0.717, 1.165) is 5.56 Å². The van der Waals surface area contributed by atoms with Gasteiger partial charge in [0, 0.05) is 17.5 Å². The van der Waals surface area contributed by atoms with Crippen LogP contribution >= 0.6 is 11.6 Å². The van der Waals surface area contributed by atoms with Crippen LogP contribution in [0.2, 0.25) is 5.02 Å². The number of aromatic hydroxyl groups is 1. The minimum Gasteiger partial charge on any atom is -0.508 e. The normalized spacial score (nSPS) is 17.1. The molecule has 5 heteroatoms. The minimum atomic E-state index is -0.632. The third-order valence-corrected chi connectivity index (χ3v) is 3.51. The molecule has 1 heterocycles. The molecule has 0 aromatic heterocycles. The first-order valence-electron chi connectivity index (χ1n) is 6.17. The second-order valence-corrected chi connectivity index (χ2v) is 4.98. The largest absolute Gasteiger partial charge is 0.508 e. The molecule has 1 amide bonds. The van der Waals surface area contributed by atoms with Crippen molar-refractivity contribution >= 4 is 23.2 Å². The summed E-state index contributed by atoms with van der Waals surface area (Å²) in [5.41, 5.74) is 1.34. The van der Waals surface area contributed by atoms with Gasteiger partial charge in [0.05, 0.1) is 5.69 Å². The molecule has 0 aliphatic carbocycles. The number of anilines is 1. The average molecular weight is 290 g/mol. The number of rotatable bonds is 2. The van der Waals surface area contributed by atoms with Gasteiger partial charge in [0.2, 0.25) is 0 Å². The number of carbonyl (C=O) groups excluding carboxylic acids is 1. The summed E-state index contributed by atoms with van der Waals surface area (Å²) in [6, 6.07) is 12.0. The number of hydrogen-bond acceptors (Lipinski definition) is 3. The topological polar surface area (TPSA) is 58.6 Å². The van der Waals surface area contributed by atoms with Gasteiger partial charge < -0.3 is 15.2 Å². The van der Waals surface area contributed by atoms with Crippen LogP contribution in [-0.4, -0.2) is 17.1 Å². The number of ether oxygens (including phenoxy) is 1. The third-order valence-electron chi connectivity index (χ3n) is 3.15. The van der Waals surface area contributed by atoms with Crippen LogP contribution in [0.4, 0.5) is 5.69 Å². The van der Waals surface area contributed by atoms with Gasteiger partial charge in [0.25, 0.3) is 5.91 Å². The van der Waals surface area contributed by atoms with E-state index in [-0.39, 0.29) is 11.7 Å². The van der Waals surface area contributed by atoms with Crippen molar-refractivity contribution in [2.75, 3.05) is 5.32 Å². The van der Waals surface area contributed by atoms with Crippen LogP contribution in [0.15, 0.2) is 42.5 Å². The predicted octanol–water partition coefficient (Wildman–Crippen LogP) is 2.99. The molecule has 0 fully saturated rings. The molecule has 102 valence electrons. The molecule has 0 bridgehead atoms. The summed E-state index contributed by atoms with van der Waals surface area (Å²) in [7, 11) is 0. The maximum atomic E-state index is 12.0. The van der Waals surface area contributed by atoms with Crippen LogP contribution in [0, 0.1) is 0 Å². The van der Waals surface area contributed by atoms with Crippen molar-refractivity contribution in [3.63, 3.8) is 0 Å². The summed E-state index contributed by atoms with van der Waals surface area (Å²) < 4.78 is 5.68. The standard InChI is InChI=1S/C15H12ClNO3/c16-11-4-2-1-3-9(11)7-14-15(19)17-12-8-10(18)5-6-13(12)20-14/h1-6,8,14,18H,7H2,(H,17,19). The first-order valence-corrected chi connectivity index (χ1v) is 6.55. The van der Waals surface area contributed by atoms with Crippen LogP contribution in [-0.2, 0) is 11.2 Å². The smallest absolute Gasteiger partial charge is 0.265 e. The van der Waals surface area contributed by atoms with Gasteiger partial charge in [0.15, 0.2) is 6.10 Å². The van der Waals surface area contributed by atoms with Crippen molar-refractivity contribution in [2.24, 2.45) is 0 Å². The van der Waals surface area contributed by atoms with E-state index in [2.05, 4.69) is 5.32 Å². The Morgan fingerprint density at radius 2 is 2.05 bits per heavy atom. The van der Waals surface area contributed by atoms with Gasteiger partial charge >= 0.3 is 0 Å². The number of amides is 1. The molecule has 0 saturated carbocycles. The Bertz CT molecular complexity index is 672. The number of halogens is 1. The second kappa shape index (κ2) is 5.06. The summed E-state index contributed by atoms with van der Waals surface area (Å²) in [5.74, 6) is 0.375. The van der Waals surface area contributed by atoms with Crippen LogP contribution in [0.25, 0.3) is 0 Å². The zero-order valence-electron chi connectivity index (χ0n) is 10.5. The monoisotopic (exact) mass is 289 g/mol. The highest BCUT2D eigenvalue weighted by Gasteiger charge is 2.28. The number of fused-ring (bicyclic) bond motifs is 1. The van der Waals surface area contributed by atoms with Crippen LogP contribution < -0.4 is 10.1 Å². The molecule has 0 radical (unpaired) electrons. The molecule has 2 aromatic carbocycles. The fourth-order valence-electron chi connectivity index (χ4n) is 2.14. The van der Waals surface area contributed by atoms with E-state index in [1.807, 2.05) is 18.2 Å². The minimum absolute atomic E-state index is 0.0807. The van der Waals surface area contributed by atoms with Crippen LogP contribution in [0.1, 0.15) is 5.56 Å². The maximum Gasteiger partial charge on any atom is 0.265 e. The number of phenols is 1. The number of phenolic OH excluding ortho intramolecular Hbond substituents is 1. The Labute approximate surface area is 120 Å². The molecule has 4 nitrogen and oxygen atoms in total. The highest BCUT2D eigenvalue weighted by molar-refractivity contribution is 6.31. The van der Waals surface area contributed by atoms with Gasteiger partial charge in [-0.05, 0) is 23.8 Å². The number of carbonyl (C=O) groups is 1. The molecular weight excluding hydrogens is 278 g/mol. The lowest BCUT2D eigenvalue weighted by atomic mass is 10.1. The summed E-state index contributed by atoms with van der Waals surface area (Å²) in [6.07, 6.45) is -0.238. The molecule has 1 aliphatic rings. The Hall–Kier alpha value is -2.20. The number of nitrogens with one attached hydrogen (secondary N) is 1. The second-order valence-electron chi connectivity index (χ2n) is 4.57. The van der Waals surface area contributed by atoms with Crippen molar-refractivity contribution in [1.82, 2.24) is 0 Å². The lowest BCUT2D eigenvalue weighted by Gasteiger charge is -2.26. The van der Waals surface area contributed by atoms with E-state index in [9.17, 15) is 9.90 Å². The molecule has 1 unspecified atom stereocenters. The fraction of sp³-hybridized carbons (Fsp3) is 0.133. The first kappa shape index (κ1) is 12.8. The lowest BCUT2D eigenvalue weighted by molar-refractivity contribution is -0.123. The lowest BCUT2D eigenvalue weighted by Crippen LogP contribution is -2.38. The van der Waals surface area contributed by atoms with Crippen molar-refractivity contribution < 1.29 is 14.6 Å². The Balaban J connectivity index is 1.84. The van der Waals surface area contributed by atoms with E-state index in [0.29, 0.717) is 22.9 Å². The molecule has 2 aromatic rings. The van der Waals surface area contributed by atoms with Crippen molar-refractivity contribution in [2.45, 2.75) is 12.5 Å². The summed E-state index contributed by atoms with van der Waals surface area (Å²) >= 11 is 6.09. The molecule has 1 aliphatic heterocycles. The summed E-state index contributed by atoms with van der Waals surface area (Å²) in [5, 5.41) is 12.7.